The summed E-state index contributed by atoms with van der Waals surface area (Å²) in [4.78, 5) is 12.1. The van der Waals surface area contributed by atoms with Crippen molar-refractivity contribution in [2.24, 2.45) is 0 Å². The zero-order chi connectivity index (χ0) is 10.7. The molecule has 0 spiro atoms. The Balaban J connectivity index is 1.85. The Morgan fingerprint density at radius 1 is 1.27 bits per heavy atom. The molecule has 2 aliphatic rings. The second-order valence-electron chi connectivity index (χ2n) is 5.17. The Bertz CT molecular complexity index is 228. The highest BCUT2D eigenvalue weighted by atomic mass is 16.2. The quantitative estimate of drug-likeness (QED) is 0.726. The summed E-state index contributed by atoms with van der Waals surface area (Å²) in [5.41, 5.74) is -0.294. The SMILES string of the molecule is C[C@@]1(C(=O)NC2CCCCC2)CCCN1. The van der Waals surface area contributed by atoms with Crippen molar-refractivity contribution in [1.29, 1.82) is 0 Å². The highest BCUT2D eigenvalue weighted by Gasteiger charge is 2.36. The van der Waals surface area contributed by atoms with Crippen molar-refractivity contribution < 1.29 is 4.79 Å². The molecule has 0 bridgehead atoms. The highest BCUT2D eigenvalue weighted by molar-refractivity contribution is 5.86. The Morgan fingerprint density at radius 2 is 2.00 bits per heavy atom. The molecular weight excluding hydrogens is 188 g/mol. The summed E-state index contributed by atoms with van der Waals surface area (Å²) < 4.78 is 0. The smallest absolute Gasteiger partial charge is 0.240 e. The van der Waals surface area contributed by atoms with Crippen LogP contribution in [0.3, 0.4) is 0 Å². The summed E-state index contributed by atoms with van der Waals surface area (Å²) in [6, 6.07) is 0.436. The first kappa shape index (κ1) is 10.9. The van der Waals surface area contributed by atoms with Crippen LogP contribution in [0.5, 0.6) is 0 Å². The van der Waals surface area contributed by atoms with Crippen LogP contribution in [0.4, 0.5) is 0 Å². The van der Waals surface area contributed by atoms with Crippen LogP contribution in [-0.2, 0) is 4.79 Å². The molecule has 0 radical (unpaired) electrons. The zero-order valence-corrected chi connectivity index (χ0v) is 9.64. The molecule has 1 heterocycles. The maximum atomic E-state index is 12.1. The lowest BCUT2D eigenvalue weighted by Crippen LogP contribution is -2.54. The third-order valence-electron chi connectivity index (χ3n) is 3.81. The fourth-order valence-corrected chi connectivity index (χ4v) is 2.68. The van der Waals surface area contributed by atoms with Crippen molar-refractivity contribution in [2.45, 2.75) is 63.5 Å². The van der Waals surface area contributed by atoms with E-state index in [2.05, 4.69) is 10.6 Å². The summed E-state index contributed by atoms with van der Waals surface area (Å²) >= 11 is 0. The minimum atomic E-state index is -0.294. The molecule has 15 heavy (non-hydrogen) atoms. The van der Waals surface area contributed by atoms with Gasteiger partial charge in [0.15, 0.2) is 0 Å². The molecule has 1 saturated carbocycles. The van der Waals surface area contributed by atoms with Crippen molar-refractivity contribution in [2.75, 3.05) is 6.54 Å². The standard InChI is InChI=1S/C12H22N2O/c1-12(8-5-9-13-12)11(15)14-10-6-3-2-4-7-10/h10,13H,2-9H2,1H3,(H,14,15)/t12-/m0/s1. The molecule has 0 aromatic heterocycles. The van der Waals surface area contributed by atoms with E-state index in [0.717, 1.165) is 19.4 Å². The molecule has 0 unspecified atom stereocenters. The predicted octanol–water partition coefficient (Wildman–Crippen LogP) is 1.58. The normalized spacial score (nSPS) is 32.9. The van der Waals surface area contributed by atoms with Crippen molar-refractivity contribution >= 4 is 5.91 Å². The molecule has 3 nitrogen and oxygen atoms in total. The van der Waals surface area contributed by atoms with Crippen molar-refractivity contribution in [3.63, 3.8) is 0 Å². The van der Waals surface area contributed by atoms with Gasteiger partial charge in [-0.3, -0.25) is 4.79 Å². The van der Waals surface area contributed by atoms with Gasteiger partial charge in [-0.15, -0.1) is 0 Å². The first-order valence-corrected chi connectivity index (χ1v) is 6.27. The molecule has 2 rings (SSSR count). The third kappa shape index (κ3) is 2.51. The Morgan fingerprint density at radius 3 is 2.60 bits per heavy atom. The summed E-state index contributed by atoms with van der Waals surface area (Å²) in [5.74, 6) is 0.215. The lowest BCUT2D eigenvalue weighted by molar-refractivity contribution is -0.127. The molecule has 0 aromatic carbocycles. The second-order valence-corrected chi connectivity index (χ2v) is 5.17. The van der Waals surface area contributed by atoms with E-state index in [1.54, 1.807) is 0 Å². The largest absolute Gasteiger partial charge is 0.352 e. The average Bonchev–Trinajstić information content (AvgIpc) is 2.68. The first-order chi connectivity index (χ1) is 7.21. The lowest BCUT2D eigenvalue weighted by Gasteiger charge is -2.29. The first-order valence-electron chi connectivity index (χ1n) is 6.27. The maximum Gasteiger partial charge on any atom is 0.240 e. The summed E-state index contributed by atoms with van der Waals surface area (Å²) in [5, 5.41) is 6.51. The second kappa shape index (κ2) is 4.52. The van der Waals surface area contributed by atoms with Crippen LogP contribution < -0.4 is 10.6 Å². The van der Waals surface area contributed by atoms with E-state index < -0.39 is 0 Å². The van der Waals surface area contributed by atoms with E-state index >= 15 is 0 Å². The van der Waals surface area contributed by atoms with Crippen LogP contribution in [0.2, 0.25) is 0 Å². The van der Waals surface area contributed by atoms with E-state index in [9.17, 15) is 4.79 Å². The topological polar surface area (TPSA) is 41.1 Å². The Labute approximate surface area is 92.0 Å². The lowest BCUT2D eigenvalue weighted by atomic mass is 9.93. The molecule has 2 N–H and O–H groups in total. The van der Waals surface area contributed by atoms with Crippen LogP contribution in [-0.4, -0.2) is 24.0 Å². The predicted molar refractivity (Wildman–Crippen MR) is 60.7 cm³/mol. The van der Waals surface area contributed by atoms with Gasteiger partial charge in [-0.05, 0) is 39.2 Å². The van der Waals surface area contributed by atoms with Crippen LogP contribution in [0.25, 0.3) is 0 Å². The van der Waals surface area contributed by atoms with Gasteiger partial charge in [0.05, 0.1) is 5.54 Å². The number of carbonyl (C=O) groups excluding carboxylic acids is 1. The Kier molecular flexibility index (Phi) is 3.29. The molecule has 2 fully saturated rings. The van der Waals surface area contributed by atoms with E-state index in [-0.39, 0.29) is 11.4 Å². The molecule has 0 aromatic rings. The fourth-order valence-electron chi connectivity index (χ4n) is 2.68. The van der Waals surface area contributed by atoms with E-state index in [0.29, 0.717) is 6.04 Å². The molecule has 1 amide bonds. The molecular formula is C12H22N2O. The van der Waals surface area contributed by atoms with Crippen LogP contribution in [0.1, 0.15) is 51.9 Å². The number of hydrogen-bond donors (Lipinski definition) is 2. The summed E-state index contributed by atoms with van der Waals surface area (Å²) in [6.07, 6.45) is 8.32. The fraction of sp³-hybridized carbons (Fsp3) is 0.917. The number of nitrogens with one attached hydrogen (secondary N) is 2. The molecule has 86 valence electrons. The molecule has 1 atom stereocenters. The summed E-state index contributed by atoms with van der Waals surface area (Å²) in [7, 11) is 0. The van der Waals surface area contributed by atoms with Gasteiger partial charge in [0.25, 0.3) is 0 Å². The monoisotopic (exact) mass is 210 g/mol. The molecule has 1 saturated heterocycles. The van der Waals surface area contributed by atoms with E-state index in [4.69, 9.17) is 0 Å². The van der Waals surface area contributed by atoms with Gasteiger partial charge in [-0.1, -0.05) is 19.3 Å². The number of rotatable bonds is 2. The number of amides is 1. The minimum absolute atomic E-state index is 0.215. The van der Waals surface area contributed by atoms with E-state index in [1.165, 1.54) is 32.1 Å². The van der Waals surface area contributed by atoms with Crippen LogP contribution in [0, 0.1) is 0 Å². The van der Waals surface area contributed by atoms with Gasteiger partial charge in [0.2, 0.25) is 5.91 Å². The summed E-state index contributed by atoms with van der Waals surface area (Å²) in [6.45, 7) is 3.01. The van der Waals surface area contributed by atoms with Gasteiger partial charge in [0.1, 0.15) is 0 Å². The zero-order valence-electron chi connectivity index (χ0n) is 9.64. The van der Waals surface area contributed by atoms with Gasteiger partial charge in [-0.2, -0.15) is 0 Å². The van der Waals surface area contributed by atoms with Gasteiger partial charge in [-0.25, -0.2) is 0 Å². The van der Waals surface area contributed by atoms with Gasteiger partial charge < -0.3 is 10.6 Å². The molecule has 1 aliphatic carbocycles. The minimum Gasteiger partial charge on any atom is -0.352 e. The van der Waals surface area contributed by atoms with Crippen molar-refractivity contribution in [3.05, 3.63) is 0 Å². The van der Waals surface area contributed by atoms with Crippen LogP contribution in [0.15, 0.2) is 0 Å². The third-order valence-corrected chi connectivity index (χ3v) is 3.81. The van der Waals surface area contributed by atoms with Crippen molar-refractivity contribution in [3.8, 4) is 0 Å². The van der Waals surface area contributed by atoms with Gasteiger partial charge in [0, 0.05) is 6.04 Å². The van der Waals surface area contributed by atoms with Crippen molar-refractivity contribution in [1.82, 2.24) is 10.6 Å². The molecule has 3 heteroatoms. The van der Waals surface area contributed by atoms with Crippen LogP contribution >= 0.6 is 0 Å². The van der Waals surface area contributed by atoms with E-state index in [1.807, 2.05) is 6.92 Å². The Hall–Kier alpha value is -0.570. The van der Waals surface area contributed by atoms with Gasteiger partial charge >= 0.3 is 0 Å². The number of hydrogen-bond acceptors (Lipinski definition) is 2. The number of carbonyl (C=O) groups is 1. The molecule has 1 aliphatic heterocycles. The highest BCUT2D eigenvalue weighted by Crippen LogP contribution is 2.21. The average molecular weight is 210 g/mol. The maximum absolute atomic E-state index is 12.1.